The molecule has 1 aromatic heterocycles. The van der Waals surface area contributed by atoms with Gasteiger partial charge in [-0.05, 0) is 49.4 Å². The largest absolute Gasteiger partial charge is 0.346 e. The summed E-state index contributed by atoms with van der Waals surface area (Å²) in [6.45, 7) is 4.04. The highest BCUT2D eigenvalue weighted by atomic mass is 35.5. The summed E-state index contributed by atoms with van der Waals surface area (Å²) < 4.78 is 0. The van der Waals surface area contributed by atoms with Crippen molar-refractivity contribution in [3.8, 4) is 0 Å². The van der Waals surface area contributed by atoms with Crippen LogP contribution in [0.1, 0.15) is 58.6 Å². The Morgan fingerprint density at radius 3 is 2.47 bits per heavy atom. The lowest BCUT2D eigenvalue weighted by Gasteiger charge is -2.31. The summed E-state index contributed by atoms with van der Waals surface area (Å²) in [5.74, 6) is -0.194. The molecule has 0 saturated carbocycles. The van der Waals surface area contributed by atoms with Gasteiger partial charge in [0, 0.05) is 43.8 Å². The molecule has 1 aliphatic rings. The van der Waals surface area contributed by atoms with Crippen molar-refractivity contribution >= 4 is 46.3 Å². The van der Waals surface area contributed by atoms with E-state index in [0.717, 1.165) is 43.6 Å². The molecule has 0 aliphatic carbocycles. The van der Waals surface area contributed by atoms with E-state index >= 15 is 0 Å². The maximum absolute atomic E-state index is 12.8. The average Bonchev–Trinajstić information content (AvgIpc) is 3.29. The van der Waals surface area contributed by atoms with Gasteiger partial charge >= 0.3 is 0 Å². The van der Waals surface area contributed by atoms with E-state index in [1.807, 2.05) is 7.05 Å². The van der Waals surface area contributed by atoms with Gasteiger partial charge in [0.25, 0.3) is 11.8 Å². The van der Waals surface area contributed by atoms with Crippen LogP contribution in [0.25, 0.3) is 0 Å². The smallest absolute Gasteiger partial charge is 0.286 e. The molecule has 1 aliphatic heterocycles. The van der Waals surface area contributed by atoms with Gasteiger partial charge in [-0.1, -0.05) is 36.3 Å². The lowest BCUT2D eigenvalue weighted by molar-refractivity contribution is -0.131. The number of amides is 3. The molecule has 0 unspecified atom stereocenters. The van der Waals surface area contributed by atoms with Crippen molar-refractivity contribution in [3.05, 3.63) is 39.3 Å². The SMILES string of the molecule is CCCCN(C)C(=O)CC1CCN(C(=O)c2nnc(C(=O)Nc3ccc(Cl)cc3)s2)CC1. The van der Waals surface area contributed by atoms with Crippen LogP contribution in [-0.4, -0.2) is 64.4 Å². The number of nitrogens with zero attached hydrogens (tertiary/aromatic N) is 4. The van der Waals surface area contributed by atoms with Gasteiger partial charge in [-0.3, -0.25) is 14.4 Å². The molecular weight excluding hydrogens is 450 g/mol. The molecule has 3 amide bonds. The van der Waals surface area contributed by atoms with Crippen LogP contribution < -0.4 is 5.32 Å². The van der Waals surface area contributed by atoms with Crippen molar-refractivity contribution in [2.75, 3.05) is 32.0 Å². The summed E-state index contributed by atoms with van der Waals surface area (Å²) in [7, 11) is 1.85. The maximum Gasteiger partial charge on any atom is 0.286 e. The van der Waals surface area contributed by atoms with Gasteiger partial charge < -0.3 is 15.1 Å². The van der Waals surface area contributed by atoms with E-state index in [4.69, 9.17) is 11.6 Å². The molecule has 0 atom stereocenters. The van der Waals surface area contributed by atoms with Crippen LogP contribution in [0, 0.1) is 5.92 Å². The highest BCUT2D eigenvalue weighted by Crippen LogP contribution is 2.24. The molecule has 2 heterocycles. The van der Waals surface area contributed by atoms with Crippen LogP contribution in [0.2, 0.25) is 5.02 Å². The van der Waals surface area contributed by atoms with E-state index in [-0.39, 0.29) is 27.7 Å². The number of carbonyl (C=O) groups excluding carboxylic acids is 3. The second kappa shape index (κ2) is 11.4. The summed E-state index contributed by atoms with van der Waals surface area (Å²) in [4.78, 5) is 41.1. The fourth-order valence-electron chi connectivity index (χ4n) is 3.52. The van der Waals surface area contributed by atoms with Crippen LogP contribution in [0.15, 0.2) is 24.3 Å². The number of rotatable bonds is 8. The fraction of sp³-hybridized carbons (Fsp3) is 0.500. The minimum absolute atomic E-state index is 0.124. The van der Waals surface area contributed by atoms with E-state index in [1.165, 1.54) is 0 Å². The molecule has 8 nitrogen and oxygen atoms in total. The number of aromatic nitrogens is 2. The number of likely N-dealkylation sites (tertiary alicyclic amines) is 1. The van der Waals surface area contributed by atoms with Crippen molar-refractivity contribution in [3.63, 3.8) is 0 Å². The number of unbranched alkanes of at least 4 members (excludes halogenated alkanes) is 1. The molecule has 0 radical (unpaired) electrons. The number of piperidine rings is 1. The Bertz CT molecular complexity index is 941. The van der Waals surface area contributed by atoms with Gasteiger partial charge in [0.2, 0.25) is 15.9 Å². The van der Waals surface area contributed by atoms with Crippen molar-refractivity contribution < 1.29 is 14.4 Å². The Labute approximate surface area is 196 Å². The summed E-state index contributed by atoms with van der Waals surface area (Å²) in [6, 6.07) is 6.72. The van der Waals surface area contributed by atoms with Gasteiger partial charge in [-0.25, -0.2) is 0 Å². The second-order valence-electron chi connectivity index (χ2n) is 7.98. The number of carbonyl (C=O) groups is 3. The first-order valence-corrected chi connectivity index (χ1v) is 12.0. The summed E-state index contributed by atoms with van der Waals surface area (Å²) in [5.41, 5.74) is 0.583. The molecule has 3 rings (SSSR count). The minimum atomic E-state index is -0.423. The number of nitrogens with one attached hydrogen (secondary N) is 1. The molecular formula is C22H28ClN5O3S. The van der Waals surface area contributed by atoms with Crippen LogP contribution in [0.5, 0.6) is 0 Å². The number of hydrogen-bond acceptors (Lipinski definition) is 6. The summed E-state index contributed by atoms with van der Waals surface area (Å²) >= 11 is 6.82. The topological polar surface area (TPSA) is 95.5 Å². The third-order valence-electron chi connectivity index (χ3n) is 5.54. The van der Waals surface area contributed by atoms with Crippen LogP contribution in [-0.2, 0) is 4.79 Å². The minimum Gasteiger partial charge on any atom is -0.346 e. The third-order valence-corrected chi connectivity index (χ3v) is 6.70. The average molecular weight is 478 g/mol. The number of benzene rings is 1. The van der Waals surface area contributed by atoms with Gasteiger partial charge in [-0.15, -0.1) is 10.2 Å². The molecule has 0 bridgehead atoms. The van der Waals surface area contributed by atoms with Gasteiger partial charge in [0.1, 0.15) is 0 Å². The fourth-order valence-corrected chi connectivity index (χ4v) is 4.35. The maximum atomic E-state index is 12.8. The Morgan fingerprint density at radius 2 is 1.81 bits per heavy atom. The first-order chi connectivity index (χ1) is 15.4. The first-order valence-electron chi connectivity index (χ1n) is 10.8. The predicted molar refractivity (Wildman–Crippen MR) is 125 cm³/mol. The number of anilines is 1. The monoisotopic (exact) mass is 477 g/mol. The standard InChI is InChI=1S/C22H28ClN5O3S/c1-3-4-11-27(2)18(29)14-15-9-12-28(13-10-15)22(31)21-26-25-20(32-21)19(30)24-17-7-5-16(23)6-8-17/h5-8,15H,3-4,9-14H2,1-2H3,(H,24,30). The zero-order valence-electron chi connectivity index (χ0n) is 18.3. The molecule has 1 aromatic carbocycles. The van der Waals surface area contributed by atoms with E-state index < -0.39 is 5.91 Å². The Morgan fingerprint density at radius 1 is 1.16 bits per heavy atom. The molecule has 0 spiro atoms. The molecule has 1 N–H and O–H groups in total. The van der Waals surface area contributed by atoms with Crippen LogP contribution in [0.3, 0.4) is 0 Å². The normalized spacial score (nSPS) is 14.3. The van der Waals surface area contributed by atoms with E-state index in [0.29, 0.717) is 30.2 Å². The van der Waals surface area contributed by atoms with Gasteiger partial charge in [0.15, 0.2) is 0 Å². The zero-order chi connectivity index (χ0) is 23.1. The van der Waals surface area contributed by atoms with E-state index in [1.54, 1.807) is 34.1 Å². The van der Waals surface area contributed by atoms with E-state index in [2.05, 4.69) is 22.4 Å². The van der Waals surface area contributed by atoms with E-state index in [9.17, 15) is 14.4 Å². The number of hydrogen-bond donors (Lipinski definition) is 1. The Balaban J connectivity index is 1.49. The highest BCUT2D eigenvalue weighted by molar-refractivity contribution is 7.15. The van der Waals surface area contributed by atoms with Gasteiger partial charge in [-0.2, -0.15) is 0 Å². The molecule has 32 heavy (non-hydrogen) atoms. The summed E-state index contributed by atoms with van der Waals surface area (Å²) in [5, 5.41) is 11.4. The van der Waals surface area contributed by atoms with Crippen molar-refractivity contribution in [2.45, 2.75) is 39.0 Å². The van der Waals surface area contributed by atoms with Crippen molar-refractivity contribution in [2.24, 2.45) is 5.92 Å². The Kier molecular flexibility index (Phi) is 8.58. The molecule has 1 saturated heterocycles. The lowest BCUT2D eigenvalue weighted by Crippen LogP contribution is -2.40. The molecule has 172 valence electrons. The lowest BCUT2D eigenvalue weighted by atomic mass is 9.93. The van der Waals surface area contributed by atoms with Gasteiger partial charge in [0.05, 0.1) is 0 Å². The highest BCUT2D eigenvalue weighted by Gasteiger charge is 2.28. The third kappa shape index (κ3) is 6.49. The first kappa shape index (κ1) is 24.1. The number of halogens is 1. The molecule has 2 aromatic rings. The van der Waals surface area contributed by atoms with Crippen LogP contribution >= 0.6 is 22.9 Å². The predicted octanol–water partition coefficient (Wildman–Crippen LogP) is 3.94. The van der Waals surface area contributed by atoms with Crippen LogP contribution in [0.4, 0.5) is 5.69 Å². The molecule has 1 fully saturated rings. The van der Waals surface area contributed by atoms with Crippen molar-refractivity contribution in [1.82, 2.24) is 20.0 Å². The summed E-state index contributed by atoms with van der Waals surface area (Å²) in [6.07, 6.45) is 4.16. The second-order valence-corrected chi connectivity index (χ2v) is 9.40. The quantitative estimate of drug-likeness (QED) is 0.621. The van der Waals surface area contributed by atoms with Crippen molar-refractivity contribution in [1.29, 1.82) is 0 Å². The molecule has 10 heteroatoms. The zero-order valence-corrected chi connectivity index (χ0v) is 19.9. The Hall–Kier alpha value is -2.52.